The Kier molecular flexibility index (Phi) is 9.41. The molecule has 0 aliphatic heterocycles. The standard InChI is InChI=1S/C30H33F2N3O6S/c1-29(2,3)40-27(37)34-24-15-10-19(22-14-11-20(31)17-23(22)32)16-25(24)33-26(36)18-8-12-21(13-9-18)42(7,39)35-28(38)41-30(4,5)6/h8-17H,1-7H3,(H,33,36)(H,34,37). The molecule has 0 aromatic heterocycles. The Bertz CT molecular complexity index is 1630. The van der Waals surface area contributed by atoms with E-state index in [2.05, 4.69) is 15.0 Å². The predicted octanol–water partition coefficient (Wildman–Crippen LogP) is 7.62. The highest BCUT2D eigenvalue weighted by molar-refractivity contribution is 7.93. The summed E-state index contributed by atoms with van der Waals surface area (Å²) in [4.78, 5) is 37.9. The third-order valence-electron chi connectivity index (χ3n) is 5.34. The van der Waals surface area contributed by atoms with Gasteiger partial charge in [-0.1, -0.05) is 6.07 Å². The summed E-state index contributed by atoms with van der Waals surface area (Å²) in [5.41, 5.74) is -0.805. The molecule has 3 aromatic carbocycles. The normalized spacial score (nSPS) is 13.0. The second kappa shape index (κ2) is 12.3. The van der Waals surface area contributed by atoms with Crippen LogP contribution in [0.15, 0.2) is 69.9 Å². The first-order valence-corrected chi connectivity index (χ1v) is 14.7. The highest BCUT2D eigenvalue weighted by atomic mass is 32.2. The summed E-state index contributed by atoms with van der Waals surface area (Å²) in [5, 5.41) is 5.24. The third-order valence-corrected chi connectivity index (χ3v) is 6.99. The largest absolute Gasteiger partial charge is 0.444 e. The Hall–Kier alpha value is -4.32. The first kappa shape index (κ1) is 32.2. The van der Waals surface area contributed by atoms with Crippen LogP contribution in [0.4, 0.5) is 29.7 Å². The summed E-state index contributed by atoms with van der Waals surface area (Å²) in [7, 11) is -3.17. The average molecular weight is 602 g/mol. The van der Waals surface area contributed by atoms with E-state index in [1.54, 1.807) is 41.5 Å². The van der Waals surface area contributed by atoms with Crippen molar-refractivity contribution in [3.8, 4) is 11.1 Å². The fourth-order valence-corrected chi connectivity index (χ4v) is 4.66. The highest BCUT2D eigenvalue weighted by Crippen LogP contribution is 2.32. The first-order chi connectivity index (χ1) is 19.3. The Balaban J connectivity index is 1.92. The van der Waals surface area contributed by atoms with Crippen LogP contribution in [-0.4, -0.2) is 39.8 Å². The van der Waals surface area contributed by atoms with Crippen molar-refractivity contribution in [3.63, 3.8) is 0 Å². The lowest BCUT2D eigenvalue weighted by Crippen LogP contribution is -2.27. The molecule has 224 valence electrons. The smallest absolute Gasteiger partial charge is 0.442 e. The third kappa shape index (κ3) is 9.10. The van der Waals surface area contributed by atoms with Crippen molar-refractivity contribution in [1.29, 1.82) is 0 Å². The fourth-order valence-electron chi connectivity index (χ4n) is 3.59. The Morgan fingerprint density at radius 1 is 0.786 bits per heavy atom. The molecule has 42 heavy (non-hydrogen) atoms. The lowest BCUT2D eigenvalue weighted by atomic mass is 10.0. The molecule has 2 N–H and O–H groups in total. The van der Waals surface area contributed by atoms with Crippen LogP contribution in [0.1, 0.15) is 51.9 Å². The van der Waals surface area contributed by atoms with E-state index in [0.717, 1.165) is 12.1 Å². The van der Waals surface area contributed by atoms with E-state index in [1.165, 1.54) is 54.8 Å². The SMILES string of the molecule is CC(C)(C)OC(=O)N=S(C)(=O)c1ccc(C(=O)Nc2cc(-c3ccc(F)cc3F)ccc2NC(=O)OC(C)(C)C)cc1. The number of ether oxygens (including phenoxy) is 2. The molecule has 3 amide bonds. The summed E-state index contributed by atoms with van der Waals surface area (Å²) in [6.45, 7) is 10.0. The molecule has 3 rings (SSSR count). The Morgan fingerprint density at radius 3 is 1.98 bits per heavy atom. The highest BCUT2D eigenvalue weighted by Gasteiger charge is 2.21. The maximum atomic E-state index is 14.5. The lowest BCUT2D eigenvalue weighted by molar-refractivity contribution is 0.0603. The van der Waals surface area contributed by atoms with Gasteiger partial charge in [-0.25, -0.2) is 22.6 Å². The lowest BCUT2D eigenvalue weighted by Gasteiger charge is -2.21. The average Bonchev–Trinajstić information content (AvgIpc) is 2.82. The van der Waals surface area contributed by atoms with Crippen LogP contribution in [0, 0.1) is 11.6 Å². The Labute approximate surface area is 243 Å². The van der Waals surface area contributed by atoms with Crippen molar-refractivity contribution in [3.05, 3.63) is 77.9 Å². The van der Waals surface area contributed by atoms with E-state index in [0.29, 0.717) is 5.56 Å². The van der Waals surface area contributed by atoms with Crippen LogP contribution < -0.4 is 10.6 Å². The van der Waals surface area contributed by atoms with Gasteiger partial charge in [-0.3, -0.25) is 10.1 Å². The molecule has 1 atom stereocenters. The summed E-state index contributed by atoms with van der Waals surface area (Å²) >= 11 is 0. The molecule has 0 saturated carbocycles. The molecule has 12 heteroatoms. The van der Waals surface area contributed by atoms with Crippen molar-refractivity contribution < 1.29 is 36.8 Å². The van der Waals surface area contributed by atoms with E-state index < -0.39 is 50.7 Å². The molecule has 0 spiro atoms. The number of benzene rings is 3. The number of rotatable bonds is 5. The van der Waals surface area contributed by atoms with Crippen LogP contribution in [0.3, 0.4) is 0 Å². The number of nitrogens with zero attached hydrogens (tertiary/aromatic N) is 1. The van der Waals surface area contributed by atoms with E-state index >= 15 is 0 Å². The van der Waals surface area contributed by atoms with Gasteiger partial charge in [0.2, 0.25) is 0 Å². The number of nitrogens with one attached hydrogen (secondary N) is 2. The van der Waals surface area contributed by atoms with E-state index in [9.17, 15) is 27.4 Å². The molecule has 0 aliphatic carbocycles. The summed E-state index contributed by atoms with van der Waals surface area (Å²) < 4.78 is 55.1. The minimum Gasteiger partial charge on any atom is -0.444 e. The number of anilines is 2. The van der Waals surface area contributed by atoms with Gasteiger partial charge >= 0.3 is 12.2 Å². The molecule has 0 saturated heterocycles. The number of carbonyl (C=O) groups excluding carboxylic acids is 3. The van der Waals surface area contributed by atoms with E-state index in [4.69, 9.17) is 9.47 Å². The molecule has 0 aliphatic rings. The minimum atomic E-state index is -3.17. The van der Waals surface area contributed by atoms with Gasteiger partial charge in [-0.05, 0) is 95.6 Å². The van der Waals surface area contributed by atoms with Crippen molar-refractivity contribution in [2.24, 2.45) is 4.36 Å². The maximum Gasteiger partial charge on any atom is 0.442 e. The van der Waals surface area contributed by atoms with Crippen LogP contribution in [0.25, 0.3) is 11.1 Å². The van der Waals surface area contributed by atoms with Gasteiger partial charge < -0.3 is 14.8 Å². The van der Waals surface area contributed by atoms with Gasteiger partial charge in [0.25, 0.3) is 5.91 Å². The molecule has 3 aromatic rings. The van der Waals surface area contributed by atoms with Gasteiger partial charge in [0.15, 0.2) is 0 Å². The van der Waals surface area contributed by atoms with Gasteiger partial charge in [0.1, 0.15) is 22.8 Å². The summed E-state index contributed by atoms with van der Waals surface area (Å²) in [6, 6.07) is 13.1. The molecular formula is C30H33F2N3O6S. The topological polar surface area (TPSA) is 123 Å². The fraction of sp³-hybridized carbons (Fsp3) is 0.300. The van der Waals surface area contributed by atoms with Crippen LogP contribution >= 0.6 is 0 Å². The molecule has 0 bridgehead atoms. The quantitative estimate of drug-likeness (QED) is 0.310. The zero-order valence-electron chi connectivity index (χ0n) is 24.3. The van der Waals surface area contributed by atoms with Gasteiger partial charge in [-0.2, -0.15) is 0 Å². The number of amides is 3. The van der Waals surface area contributed by atoms with Gasteiger partial charge in [0.05, 0.1) is 21.1 Å². The number of hydrogen-bond donors (Lipinski definition) is 2. The molecule has 0 radical (unpaired) electrons. The second-order valence-corrected chi connectivity index (χ2v) is 13.6. The monoisotopic (exact) mass is 601 g/mol. The molecule has 0 fully saturated rings. The minimum absolute atomic E-state index is 0.0755. The van der Waals surface area contributed by atoms with Gasteiger partial charge in [-0.15, -0.1) is 4.36 Å². The summed E-state index contributed by atoms with van der Waals surface area (Å²) in [5.74, 6) is -2.17. The first-order valence-electron chi connectivity index (χ1n) is 12.8. The van der Waals surface area contributed by atoms with Crippen molar-refractivity contribution >= 4 is 39.2 Å². The van der Waals surface area contributed by atoms with E-state index in [-0.39, 0.29) is 27.4 Å². The number of hydrogen-bond acceptors (Lipinski definition) is 6. The Morgan fingerprint density at radius 2 is 1.40 bits per heavy atom. The maximum absolute atomic E-state index is 14.5. The zero-order valence-corrected chi connectivity index (χ0v) is 25.2. The van der Waals surface area contributed by atoms with Crippen molar-refractivity contribution in [2.45, 2.75) is 57.6 Å². The predicted molar refractivity (Wildman–Crippen MR) is 157 cm³/mol. The molecule has 1 unspecified atom stereocenters. The molecular weight excluding hydrogens is 568 g/mol. The second-order valence-electron chi connectivity index (χ2n) is 11.4. The summed E-state index contributed by atoms with van der Waals surface area (Å²) in [6.07, 6.45) is -0.477. The van der Waals surface area contributed by atoms with Crippen molar-refractivity contribution in [1.82, 2.24) is 0 Å². The zero-order chi connectivity index (χ0) is 31.5. The molecule has 0 heterocycles. The van der Waals surface area contributed by atoms with Crippen LogP contribution in [-0.2, 0) is 19.2 Å². The molecule has 9 nitrogen and oxygen atoms in total. The number of halogens is 2. The van der Waals surface area contributed by atoms with Crippen LogP contribution in [0.5, 0.6) is 0 Å². The number of carbonyl (C=O) groups is 3. The van der Waals surface area contributed by atoms with Gasteiger partial charge in [0, 0.05) is 28.3 Å². The van der Waals surface area contributed by atoms with E-state index in [1.807, 2.05) is 0 Å². The van der Waals surface area contributed by atoms with Crippen LogP contribution in [0.2, 0.25) is 0 Å². The van der Waals surface area contributed by atoms with Crippen molar-refractivity contribution in [2.75, 3.05) is 16.9 Å².